The van der Waals surface area contributed by atoms with E-state index in [4.69, 9.17) is 15.9 Å². The van der Waals surface area contributed by atoms with E-state index in [1.54, 1.807) is 0 Å². The predicted octanol–water partition coefficient (Wildman–Crippen LogP) is -0.843. The molecule has 1 fully saturated rings. The van der Waals surface area contributed by atoms with E-state index < -0.39 is 6.23 Å². The maximum absolute atomic E-state index is 9.11. The number of aliphatic hydroxyl groups is 2. The van der Waals surface area contributed by atoms with Crippen molar-refractivity contribution >= 4 is 0 Å². The van der Waals surface area contributed by atoms with Crippen molar-refractivity contribution in [2.45, 2.75) is 44.0 Å². The predicted molar refractivity (Wildman–Crippen MR) is 46.5 cm³/mol. The van der Waals surface area contributed by atoms with Crippen molar-refractivity contribution in [2.24, 2.45) is 5.73 Å². The van der Waals surface area contributed by atoms with E-state index in [0.717, 1.165) is 19.3 Å². The Bertz CT molecular complexity index is 132. The summed E-state index contributed by atoms with van der Waals surface area (Å²) in [4.78, 5) is 0. The van der Waals surface area contributed by atoms with Crippen LogP contribution >= 0.6 is 0 Å². The molecular weight excluding hydrogens is 156 g/mol. The van der Waals surface area contributed by atoms with Crippen LogP contribution in [-0.4, -0.2) is 35.1 Å². The zero-order valence-corrected chi connectivity index (χ0v) is 7.24. The molecule has 4 nitrogen and oxygen atoms in total. The summed E-state index contributed by atoms with van der Waals surface area (Å²) in [5.74, 6) is 0. The van der Waals surface area contributed by atoms with Crippen LogP contribution in [0.2, 0.25) is 0 Å². The van der Waals surface area contributed by atoms with Gasteiger partial charge in [0.05, 0.1) is 6.61 Å². The van der Waals surface area contributed by atoms with Crippen molar-refractivity contribution in [2.75, 3.05) is 6.61 Å². The Labute approximate surface area is 72.8 Å². The molecule has 0 aromatic heterocycles. The number of hydrogen-bond donors (Lipinski definition) is 4. The summed E-state index contributed by atoms with van der Waals surface area (Å²) in [6.07, 6.45) is 3.52. The van der Waals surface area contributed by atoms with Crippen molar-refractivity contribution in [1.82, 2.24) is 5.32 Å². The standard InChI is InChI=1S/C8H18N2O2/c9-6-3-1-2-4-7(6)10-8(12)5-11/h6-8,10-12H,1-5,9H2/t6-,7-,8?/m0/s1. The summed E-state index contributed by atoms with van der Waals surface area (Å²) in [5.41, 5.74) is 5.83. The summed E-state index contributed by atoms with van der Waals surface area (Å²) in [6, 6.07) is 0.292. The molecule has 72 valence electrons. The second-order valence-corrected chi connectivity index (χ2v) is 3.42. The smallest absolute Gasteiger partial charge is 0.128 e. The number of rotatable bonds is 3. The fourth-order valence-electron chi connectivity index (χ4n) is 1.67. The van der Waals surface area contributed by atoms with Gasteiger partial charge < -0.3 is 15.9 Å². The molecule has 0 saturated heterocycles. The number of nitrogens with one attached hydrogen (secondary N) is 1. The van der Waals surface area contributed by atoms with Crippen LogP contribution in [-0.2, 0) is 0 Å². The fraction of sp³-hybridized carbons (Fsp3) is 1.00. The molecule has 1 rings (SSSR count). The van der Waals surface area contributed by atoms with Gasteiger partial charge in [-0.2, -0.15) is 0 Å². The van der Waals surface area contributed by atoms with Crippen molar-refractivity contribution < 1.29 is 10.2 Å². The van der Waals surface area contributed by atoms with E-state index in [-0.39, 0.29) is 18.7 Å². The molecule has 0 bridgehead atoms. The second kappa shape index (κ2) is 4.77. The lowest BCUT2D eigenvalue weighted by Gasteiger charge is -2.30. The summed E-state index contributed by atoms with van der Waals surface area (Å²) in [5, 5.41) is 20.6. The maximum Gasteiger partial charge on any atom is 0.128 e. The Kier molecular flexibility index (Phi) is 3.94. The van der Waals surface area contributed by atoms with Crippen LogP contribution in [0.1, 0.15) is 25.7 Å². The lowest BCUT2D eigenvalue weighted by atomic mass is 9.91. The first kappa shape index (κ1) is 9.92. The summed E-state index contributed by atoms with van der Waals surface area (Å²) < 4.78 is 0. The third-order valence-corrected chi connectivity index (χ3v) is 2.40. The number of aliphatic hydroxyl groups excluding tert-OH is 2. The molecule has 0 spiro atoms. The topological polar surface area (TPSA) is 78.5 Å². The zero-order chi connectivity index (χ0) is 8.97. The highest BCUT2D eigenvalue weighted by molar-refractivity contribution is 4.83. The fourth-order valence-corrected chi connectivity index (χ4v) is 1.67. The van der Waals surface area contributed by atoms with E-state index in [1.807, 2.05) is 0 Å². The normalized spacial score (nSPS) is 33.2. The molecule has 1 unspecified atom stereocenters. The first-order valence-electron chi connectivity index (χ1n) is 4.54. The number of hydrogen-bond acceptors (Lipinski definition) is 4. The van der Waals surface area contributed by atoms with Crippen LogP contribution in [0.15, 0.2) is 0 Å². The van der Waals surface area contributed by atoms with Gasteiger partial charge in [0.2, 0.25) is 0 Å². The van der Waals surface area contributed by atoms with Crippen LogP contribution in [0.25, 0.3) is 0 Å². The molecule has 0 amide bonds. The molecule has 0 aromatic rings. The van der Waals surface area contributed by atoms with Gasteiger partial charge in [0, 0.05) is 12.1 Å². The molecule has 12 heavy (non-hydrogen) atoms. The van der Waals surface area contributed by atoms with Crippen molar-refractivity contribution in [3.05, 3.63) is 0 Å². The zero-order valence-electron chi connectivity index (χ0n) is 7.24. The molecular formula is C8H18N2O2. The first-order chi connectivity index (χ1) is 5.74. The molecule has 3 atom stereocenters. The molecule has 1 aliphatic rings. The SMILES string of the molecule is N[C@H]1CCCC[C@@H]1NC(O)CO. The van der Waals surface area contributed by atoms with Crippen molar-refractivity contribution in [1.29, 1.82) is 0 Å². The Balaban J connectivity index is 2.28. The van der Waals surface area contributed by atoms with E-state index in [1.165, 1.54) is 6.42 Å². The van der Waals surface area contributed by atoms with E-state index in [9.17, 15) is 0 Å². The number of nitrogens with two attached hydrogens (primary N) is 1. The lowest BCUT2D eigenvalue weighted by molar-refractivity contribution is 0.0502. The van der Waals surface area contributed by atoms with Crippen LogP contribution in [0.5, 0.6) is 0 Å². The van der Waals surface area contributed by atoms with E-state index in [2.05, 4.69) is 5.32 Å². The van der Waals surface area contributed by atoms with Crippen LogP contribution in [0, 0.1) is 0 Å². The molecule has 5 N–H and O–H groups in total. The molecule has 0 aliphatic heterocycles. The molecule has 0 heterocycles. The largest absolute Gasteiger partial charge is 0.392 e. The monoisotopic (exact) mass is 174 g/mol. The second-order valence-electron chi connectivity index (χ2n) is 3.42. The highest BCUT2D eigenvalue weighted by Crippen LogP contribution is 2.16. The summed E-state index contributed by atoms with van der Waals surface area (Å²) in [6.45, 7) is -0.247. The molecule has 0 radical (unpaired) electrons. The van der Waals surface area contributed by atoms with Gasteiger partial charge in [-0.25, -0.2) is 0 Å². The van der Waals surface area contributed by atoms with Crippen molar-refractivity contribution in [3.8, 4) is 0 Å². The minimum atomic E-state index is -0.820. The Morgan fingerprint density at radius 1 is 1.42 bits per heavy atom. The third-order valence-electron chi connectivity index (χ3n) is 2.40. The summed E-state index contributed by atoms with van der Waals surface area (Å²) >= 11 is 0. The minimum Gasteiger partial charge on any atom is -0.392 e. The average Bonchev–Trinajstić information content (AvgIpc) is 2.09. The molecule has 0 aromatic carbocycles. The van der Waals surface area contributed by atoms with Gasteiger partial charge in [0.1, 0.15) is 6.23 Å². The van der Waals surface area contributed by atoms with Gasteiger partial charge in [-0.05, 0) is 12.8 Å². The van der Waals surface area contributed by atoms with Gasteiger partial charge in [0.25, 0.3) is 0 Å². The lowest BCUT2D eigenvalue weighted by Crippen LogP contribution is -2.51. The highest BCUT2D eigenvalue weighted by Gasteiger charge is 2.22. The average molecular weight is 174 g/mol. The molecule has 1 aliphatic carbocycles. The van der Waals surface area contributed by atoms with Crippen molar-refractivity contribution in [3.63, 3.8) is 0 Å². The van der Waals surface area contributed by atoms with E-state index in [0.29, 0.717) is 0 Å². The van der Waals surface area contributed by atoms with Gasteiger partial charge in [-0.15, -0.1) is 0 Å². The van der Waals surface area contributed by atoms with Crippen LogP contribution in [0.3, 0.4) is 0 Å². The van der Waals surface area contributed by atoms with Gasteiger partial charge in [0.15, 0.2) is 0 Å². The Morgan fingerprint density at radius 3 is 2.67 bits per heavy atom. The van der Waals surface area contributed by atoms with Gasteiger partial charge >= 0.3 is 0 Å². The van der Waals surface area contributed by atoms with Crippen LogP contribution < -0.4 is 11.1 Å². The maximum atomic E-state index is 9.11. The minimum absolute atomic E-state index is 0.125. The molecule has 1 saturated carbocycles. The van der Waals surface area contributed by atoms with Crippen LogP contribution in [0.4, 0.5) is 0 Å². The Hall–Kier alpha value is -0.160. The highest BCUT2D eigenvalue weighted by atomic mass is 16.3. The molecule has 4 heteroatoms. The van der Waals surface area contributed by atoms with Gasteiger partial charge in [-0.3, -0.25) is 5.32 Å². The van der Waals surface area contributed by atoms with Gasteiger partial charge in [-0.1, -0.05) is 12.8 Å². The summed E-state index contributed by atoms with van der Waals surface area (Å²) in [7, 11) is 0. The Morgan fingerprint density at radius 2 is 2.08 bits per heavy atom. The first-order valence-corrected chi connectivity index (χ1v) is 4.54. The third kappa shape index (κ3) is 2.71. The quantitative estimate of drug-likeness (QED) is 0.421. The van der Waals surface area contributed by atoms with E-state index >= 15 is 0 Å².